The Labute approximate surface area is 145 Å². The summed E-state index contributed by atoms with van der Waals surface area (Å²) in [5.41, 5.74) is 0.937. The summed E-state index contributed by atoms with van der Waals surface area (Å²) in [6, 6.07) is 7.45. The van der Waals surface area contributed by atoms with Gasteiger partial charge < -0.3 is 10.1 Å². The van der Waals surface area contributed by atoms with Gasteiger partial charge in [0.1, 0.15) is 12.4 Å². The number of rotatable bonds is 11. The van der Waals surface area contributed by atoms with Gasteiger partial charge in [0.05, 0.1) is 4.75 Å². The Balaban J connectivity index is 2.20. The van der Waals surface area contributed by atoms with Crippen molar-refractivity contribution >= 4 is 22.0 Å². The van der Waals surface area contributed by atoms with E-state index in [-0.39, 0.29) is 6.61 Å². The summed E-state index contributed by atoms with van der Waals surface area (Å²) >= 11 is 0. The topological polar surface area (TPSA) is 84.5 Å². The van der Waals surface area contributed by atoms with Gasteiger partial charge in [-0.25, -0.2) is 13.1 Å². The molecule has 0 unspecified atom stereocenters. The average Bonchev–Trinajstić information content (AvgIpc) is 2.51. The summed E-state index contributed by atoms with van der Waals surface area (Å²) in [6.07, 6.45) is 3.39. The van der Waals surface area contributed by atoms with E-state index in [1.165, 1.54) is 0 Å². The van der Waals surface area contributed by atoms with Gasteiger partial charge in [-0.15, -0.1) is 0 Å². The third-order valence-corrected chi connectivity index (χ3v) is 5.63. The summed E-state index contributed by atoms with van der Waals surface area (Å²) in [5, 5.41) is 3.29. The van der Waals surface area contributed by atoms with Gasteiger partial charge in [-0.2, -0.15) is 0 Å². The molecule has 0 aliphatic heterocycles. The highest BCUT2D eigenvalue weighted by molar-refractivity contribution is 7.90. The van der Waals surface area contributed by atoms with Crippen LogP contribution >= 0.6 is 0 Å². The second-order valence-corrected chi connectivity index (χ2v) is 9.02. The number of sulfonamides is 1. The van der Waals surface area contributed by atoms with Crippen LogP contribution in [0, 0.1) is 0 Å². The lowest BCUT2D eigenvalue weighted by atomic mass is 10.2. The van der Waals surface area contributed by atoms with Crippen molar-refractivity contribution in [1.29, 1.82) is 0 Å². The van der Waals surface area contributed by atoms with Gasteiger partial charge in [0, 0.05) is 24.8 Å². The fourth-order valence-electron chi connectivity index (χ4n) is 1.91. The van der Waals surface area contributed by atoms with Crippen LogP contribution in [-0.4, -0.2) is 39.1 Å². The molecule has 0 aliphatic rings. The number of carbonyl (C=O) groups excluding carboxylic acids is 1. The number of hydrogen-bond acceptors (Lipinski definition) is 5. The van der Waals surface area contributed by atoms with Crippen LogP contribution in [0.15, 0.2) is 24.3 Å². The van der Waals surface area contributed by atoms with Gasteiger partial charge >= 0.3 is 0 Å². The van der Waals surface area contributed by atoms with Crippen LogP contribution in [0.3, 0.4) is 0 Å². The molecular weight excluding hydrogens is 328 g/mol. The molecule has 1 aromatic carbocycles. The first-order valence-electron chi connectivity index (χ1n) is 8.16. The lowest BCUT2D eigenvalue weighted by Crippen LogP contribution is -2.39. The van der Waals surface area contributed by atoms with Crippen molar-refractivity contribution in [2.45, 2.75) is 44.8 Å². The molecule has 0 spiro atoms. The Kier molecular flexibility index (Phi) is 8.21. The number of aldehydes is 1. The minimum atomic E-state index is -3.25. The fourth-order valence-corrected chi connectivity index (χ4v) is 2.75. The molecule has 2 N–H and O–H groups in total. The van der Waals surface area contributed by atoms with E-state index in [4.69, 9.17) is 4.74 Å². The molecule has 0 amide bonds. The van der Waals surface area contributed by atoms with Gasteiger partial charge in [0.2, 0.25) is 10.0 Å². The summed E-state index contributed by atoms with van der Waals surface area (Å²) < 4.78 is 30.9. The average molecular weight is 356 g/mol. The summed E-state index contributed by atoms with van der Waals surface area (Å²) in [7, 11) is -3.25. The van der Waals surface area contributed by atoms with E-state index in [1.807, 2.05) is 18.2 Å². The Hall–Kier alpha value is -1.60. The van der Waals surface area contributed by atoms with Crippen molar-refractivity contribution in [1.82, 2.24) is 4.72 Å². The quantitative estimate of drug-likeness (QED) is 0.470. The number of anilines is 1. The minimum absolute atomic E-state index is 0.0495. The van der Waals surface area contributed by atoms with E-state index >= 15 is 0 Å². The first-order valence-corrected chi connectivity index (χ1v) is 9.64. The third-order valence-electron chi connectivity index (χ3n) is 3.43. The molecule has 0 fully saturated rings. The van der Waals surface area contributed by atoms with E-state index in [0.29, 0.717) is 18.6 Å². The molecule has 7 heteroatoms. The van der Waals surface area contributed by atoms with Gasteiger partial charge in [0.25, 0.3) is 0 Å². The number of nitrogens with one attached hydrogen (secondary N) is 2. The zero-order valence-corrected chi connectivity index (χ0v) is 15.5. The molecule has 0 aromatic heterocycles. The lowest BCUT2D eigenvalue weighted by Gasteiger charge is -2.19. The number of hydrogen-bond donors (Lipinski definition) is 2. The Morgan fingerprint density at radius 1 is 1.12 bits per heavy atom. The molecule has 0 radical (unpaired) electrons. The maximum Gasteiger partial charge on any atom is 0.216 e. The maximum atomic E-state index is 11.9. The normalized spacial score (nSPS) is 12.0. The van der Waals surface area contributed by atoms with E-state index in [0.717, 1.165) is 31.5 Å². The fraction of sp³-hybridized carbons (Fsp3) is 0.588. The van der Waals surface area contributed by atoms with E-state index in [2.05, 4.69) is 10.0 Å². The smallest absolute Gasteiger partial charge is 0.216 e. The molecule has 0 saturated heterocycles. The van der Waals surface area contributed by atoms with E-state index < -0.39 is 14.8 Å². The summed E-state index contributed by atoms with van der Waals surface area (Å²) in [4.78, 5) is 10.3. The maximum absolute atomic E-state index is 11.9. The number of unbranched alkanes of at least 4 members (excludes halogenated alkanes) is 2. The van der Waals surface area contributed by atoms with Crippen molar-refractivity contribution in [2.24, 2.45) is 0 Å². The van der Waals surface area contributed by atoms with Crippen LogP contribution in [0.25, 0.3) is 0 Å². The highest BCUT2D eigenvalue weighted by Gasteiger charge is 2.27. The Morgan fingerprint density at radius 3 is 2.50 bits per heavy atom. The molecule has 1 aromatic rings. The predicted octanol–water partition coefficient (Wildman–Crippen LogP) is 2.56. The van der Waals surface area contributed by atoms with Crippen LogP contribution in [0.1, 0.15) is 40.0 Å². The van der Waals surface area contributed by atoms with Crippen molar-refractivity contribution in [2.75, 3.05) is 25.0 Å². The number of benzene rings is 1. The van der Waals surface area contributed by atoms with Gasteiger partial charge in [-0.1, -0.05) is 12.5 Å². The standard InChI is InChI=1S/C17H28N2O4S/c1-17(2,3)24(21,22)19-11-6-4-5-10-18-15-8-7-9-16(14-15)23-13-12-20/h7-9,12,14,18-19H,4-6,10-11,13H2,1-3H3. The third kappa shape index (κ3) is 7.31. The van der Waals surface area contributed by atoms with E-state index in [1.54, 1.807) is 26.8 Å². The second kappa shape index (κ2) is 9.64. The van der Waals surface area contributed by atoms with Crippen molar-refractivity contribution in [3.8, 4) is 5.75 Å². The van der Waals surface area contributed by atoms with Gasteiger partial charge in [-0.05, 0) is 45.7 Å². The molecule has 6 nitrogen and oxygen atoms in total. The molecule has 0 aliphatic carbocycles. The van der Waals surface area contributed by atoms with E-state index in [9.17, 15) is 13.2 Å². The highest BCUT2D eigenvalue weighted by atomic mass is 32.2. The zero-order chi connectivity index (χ0) is 18.1. The van der Waals surface area contributed by atoms with Crippen LogP contribution < -0.4 is 14.8 Å². The lowest BCUT2D eigenvalue weighted by molar-refractivity contribution is -0.109. The second-order valence-electron chi connectivity index (χ2n) is 6.50. The number of ether oxygens (including phenoxy) is 1. The largest absolute Gasteiger partial charge is 0.486 e. The first kappa shape index (κ1) is 20.4. The molecule has 0 bridgehead atoms. The van der Waals surface area contributed by atoms with Crippen molar-refractivity contribution < 1.29 is 17.9 Å². The highest BCUT2D eigenvalue weighted by Crippen LogP contribution is 2.17. The molecule has 136 valence electrons. The van der Waals surface area contributed by atoms with Crippen molar-refractivity contribution in [3.63, 3.8) is 0 Å². The van der Waals surface area contributed by atoms with Crippen LogP contribution in [0.4, 0.5) is 5.69 Å². The zero-order valence-electron chi connectivity index (χ0n) is 14.7. The predicted molar refractivity (Wildman–Crippen MR) is 97.0 cm³/mol. The van der Waals surface area contributed by atoms with Gasteiger partial charge in [0.15, 0.2) is 6.29 Å². The molecular formula is C17H28N2O4S. The summed E-state index contributed by atoms with van der Waals surface area (Å²) in [6.45, 7) is 6.37. The Bertz CT molecular complexity index is 609. The van der Waals surface area contributed by atoms with Crippen LogP contribution in [0.2, 0.25) is 0 Å². The molecule has 0 atom stereocenters. The molecule has 0 saturated carbocycles. The number of carbonyl (C=O) groups is 1. The van der Waals surface area contributed by atoms with Crippen molar-refractivity contribution in [3.05, 3.63) is 24.3 Å². The minimum Gasteiger partial charge on any atom is -0.486 e. The van der Waals surface area contributed by atoms with Gasteiger partial charge in [-0.3, -0.25) is 4.79 Å². The molecule has 0 heterocycles. The molecule has 1 rings (SSSR count). The monoisotopic (exact) mass is 356 g/mol. The van der Waals surface area contributed by atoms with Crippen LogP contribution in [-0.2, 0) is 14.8 Å². The SMILES string of the molecule is CC(C)(C)S(=O)(=O)NCCCCCNc1cccc(OCC=O)c1. The first-order chi connectivity index (χ1) is 11.3. The van der Waals surface area contributed by atoms with Crippen LogP contribution in [0.5, 0.6) is 5.75 Å². The molecule has 24 heavy (non-hydrogen) atoms. The Morgan fingerprint density at radius 2 is 1.83 bits per heavy atom. The summed E-state index contributed by atoms with van der Waals surface area (Å²) in [5.74, 6) is 0.656.